The van der Waals surface area contributed by atoms with Crippen LogP contribution in [0.25, 0.3) is 0 Å². The van der Waals surface area contributed by atoms with E-state index in [9.17, 15) is 9.59 Å². The lowest BCUT2D eigenvalue weighted by Crippen LogP contribution is -2.34. The van der Waals surface area contributed by atoms with E-state index in [-0.39, 0.29) is 35.5 Å². The molecule has 12 nitrogen and oxygen atoms in total. The summed E-state index contributed by atoms with van der Waals surface area (Å²) in [6.45, 7) is 24.9. The first-order chi connectivity index (χ1) is 21.0. The third-order valence-corrected chi connectivity index (χ3v) is 6.15. The van der Waals surface area contributed by atoms with Crippen molar-refractivity contribution < 1.29 is 47.5 Å². The maximum Gasteiger partial charge on any atom is 0.222 e. The first-order valence-corrected chi connectivity index (χ1v) is 15.8. The van der Waals surface area contributed by atoms with Gasteiger partial charge in [-0.2, -0.15) is 0 Å². The SMILES string of the molecule is [CH2]COCCOCCNC(=O)CCOCCOCCOCCOCCC(=O)NCCOCCOC[C](C(C)(C)C)C(C)(C)C. The van der Waals surface area contributed by atoms with Gasteiger partial charge >= 0.3 is 0 Å². The molecule has 0 aromatic rings. The van der Waals surface area contributed by atoms with Gasteiger partial charge in [0.15, 0.2) is 0 Å². The highest BCUT2D eigenvalue weighted by Gasteiger charge is 2.35. The Morgan fingerprint density at radius 2 is 0.795 bits per heavy atom. The van der Waals surface area contributed by atoms with Crippen LogP contribution < -0.4 is 10.6 Å². The molecule has 0 unspecified atom stereocenters. The van der Waals surface area contributed by atoms with Crippen LogP contribution in [0.5, 0.6) is 0 Å². The quantitative estimate of drug-likeness (QED) is 0.114. The van der Waals surface area contributed by atoms with E-state index in [2.05, 4.69) is 59.1 Å². The van der Waals surface area contributed by atoms with E-state index >= 15 is 0 Å². The Morgan fingerprint density at radius 3 is 1.16 bits per heavy atom. The zero-order valence-electron chi connectivity index (χ0n) is 28.4. The van der Waals surface area contributed by atoms with Crippen LogP contribution in [0.15, 0.2) is 0 Å². The lowest BCUT2D eigenvalue weighted by Gasteiger charge is -2.39. The van der Waals surface area contributed by atoms with Crippen molar-refractivity contribution in [2.24, 2.45) is 10.8 Å². The van der Waals surface area contributed by atoms with Gasteiger partial charge in [0.2, 0.25) is 11.8 Å². The highest BCUT2D eigenvalue weighted by atomic mass is 16.6. The van der Waals surface area contributed by atoms with Crippen LogP contribution in [0.3, 0.4) is 0 Å². The summed E-state index contributed by atoms with van der Waals surface area (Å²) in [6, 6.07) is 0. The Bertz CT molecular complexity index is 669. The van der Waals surface area contributed by atoms with E-state index in [4.69, 9.17) is 37.9 Å². The smallest absolute Gasteiger partial charge is 0.222 e. The van der Waals surface area contributed by atoms with E-state index in [1.807, 2.05) is 0 Å². The van der Waals surface area contributed by atoms with Gasteiger partial charge in [0, 0.05) is 38.5 Å². The monoisotopic (exact) mass is 634 g/mol. The molecule has 0 bridgehead atoms. The molecular formula is C32H62N2O10. The Hall–Kier alpha value is -1.38. The summed E-state index contributed by atoms with van der Waals surface area (Å²) in [5.41, 5.74) is 0.186. The topological polar surface area (TPSA) is 132 Å². The molecule has 12 heteroatoms. The fraction of sp³-hybridized carbons (Fsp3) is 0.875. The van der Waals surface area contributed by atoms with Crippen LogP contribution in [0, 0.1) is 23.7 Å². The largest absolute Gasteiger partial charge is 0.379 e. The second kappa shape index (κ2) is 27.9. The van der Waals surface area contributed by atoms with E-state index in [0.717, 1.165) is 0 Å². The molecule has 2 amide bonds. The average Bonchev–Trinajstić information content (AvgIpc) is 2.94. The lowest BCUT2D eigenvalue weighted by molar-refractivity contribution is -0.123. The zero-order valence-corrected chi connectivity index (χ0v) is 28.4. The lowest BCUT2D eigenvalue weighted by atomic mass is 9.67. The van der Waals surface area contributed by atoms with Gasteiger partial charge in [-0.05, 0) is 17.8 Å². The molecule has 2 radical (unpaired) electrons. The number of amides is 2. The molecule has 0 atom stereocenters. The first kappa shape index (κ1) is 42.6. The molecule has 0 aliphatic heterocycles. The van der Waals surface area contributed by atoms with Crippen molar-refractivity contribution in [2.45, 2.75) is 54.4 Å². The van der Waals surface area contributed by atoms with Crippen LogP contribution in [0.1, 0.15) is 54.4 Å². The van der Waals surface area contributed by atoms with Crippen molar-refractivity contribution in [3.05, 3.63) is 12.8 Å². The third kappa shape index (κ3) is 28.1. The van der Waals surface area contributed by atoms with Gasteiger partial charge in [-0.25, -0.2) is 0 Å². The summed E-state index contributed by atoms with van der Waals surface area (Å²) in [7, 11) is 0. The van der Waals surface area contributed by atoms with Gasteiger partial charge in [0.05, 0.1) is 99.1 Å². The van der Waals surface area contributed by atoms with Crippen LogP contribution in [0.4, 0.5) is 0 Å². The summed E-state index contributed by atoms with van der Waals surface area (Å²) < 4.78 is 43.5. The molecule has 0 aromatic heterocycles. The maximum atomic E-state index is 11.9. The van der Waals surface area contributed by atoms with Gasteiger partial charge in [0.25, 0.3) is 0 Å². The highest BCUT2D eigenvalue weighted by molar-refractivity contribution is 5.76. The van der Waals surface area contributed by atoms with Crippen LogP contribution in [0.2, 0.25) is 0 Å². The Kier molecular flexibility index (Phi) is 27.0. The fourth-order valence-corrected chi connectivity index (χ4v) is 4.07. The number of hydrogen-bond donors (Lipinski definition) is 2. The van der Waals surface area contributed by atoms with Crippen LogP contribution >= 0.6 is 0 Å². The molecule has 0 aliphatic rings. The molecule has 44 heavy (non-hydrogen) atoms. The molecule has 0 aliphatic carbocycles. The molecule has 0 rings (SSSR count). The molecule has 0 fully saturated rings. The Balaban J connectivity index is 3.39. The number of hydrogen-bond acceptors (Lipinski definition) is 10. The number of rotatable bonds is 30. The van der Waals surface area contributed by atoms with Crippen molar-refractivity contribution in [1.82, 2.24) is 10.6 Å². The molecule has 0 aromatic carbocycles. The van der Waals surface area contributed by atoms with Crippen molar-refractivity contribution in [3.63, 3.8) is 0 Å². The minimum atomic E-state index is -0.0811. The average molecular weight is 635 g/mol. The molecule has 0 spiro atoms. The molecular weight excluding hydrogens is 572 g/mol. The molecule has 2 N–H and O–H groups in total. The standard InChI is InChI=1S/C32H62N2O10/c1-8-37-17-18-40-15-11-33-29(35)9-13-38-19-21-42-23-24-43-22-20-39-14-10-30(36)34-12-16-41-25-26-44-27-28(31(2,3)4)32(5,6)7/h1,8-27H2,2-7H3,(H,33,35)(H,34,36). The Labute approximate surface area is 266 Å². The summed E-state index contributed by atoms with van der Waals surface area (Å²) >= 11 is 0. The van der Waals surface area contributed by atoms with E-state index < -0.39 is 0 Å². The summed E-state index contributed by atoms with van der Waals surface area (Å²) in [6.07, 6.45) is 0.573. The third-order valence-electron chi connectivity index (χ3n) is 6.15. The molecule has 0 saturated heterocycles. The second-order valence-corrected chi connectivity index (χ2v) is 12.0. The van der Waals surface area contributed by atoms with Crippen LogP contribution in [-0.4, -0.2) is 131 Å². The molecule has 0 saturated carbocycles. The summed E-state index contributed by atoms with van der Waals surface area (Å²) in [5, 5.41) is 5.59. The van der Waals surface area contributed by atoms with Gasteiger partial charge in [0.1, 0.15) is 0 Å². The van der Waals surface area contributed by atoms with Crippen molar-refractivity contribution >= 4 is 11.8 Å². The predicted molar refractivity (Wildman–Crippen MR) is 169 cm³/mol. The fourth-order valence-electron chi connectivity index (χ4n) is 4.07. The van der Waals surface area contributed by atoms with Gasteiger partial charge in [-0.3, -0.25) is 9.59 Å². The van der Waals surface area contributed by atoms with Crippen molar-refractivity contribution in [2.75, 3.05) is 119 Å². The summed E-state index contributed by atoms with van der Waals surface area (Å²) in [5.74, 6) is 1.22. The van der Waals surface area contributed by atoms with E-state index in [1.54, 1.807) is 0 Å². The Morgan fingerprint density at radius 1 is 0.477 bits per heavy atom. The van der Waals surface area contributed by atoms with Crippen molar-refractivity contribution in [3.8, 4) is 0 Å². The number of nitrogens with one attached hydrogen (secondary N) is 2. The first-order valence-electron chi connectivity index (χ1n) is 15.8. The number of carbonyl (C=O) groups excluding carboxylic acids is 2. The van der Waals surface area contributed by atoms with Crippen molar-refractivity contribution in [1.29, 1.82) is 0 Å². The number of ether oxygens (including phenoxy) is 8. The molecule has 260 valence electrons. The van der Waals surface area contributed by atoms with E-state index in [0.29, 0.717) is 119 Å². The van der Waals surface area contributed by atoms with E-state index in [1.165, 1.54) is 5.92 Å². The maximum absolute atomic E-state index is 11.9. The summed E-state index contributed by atoms with van der Waals surface area (Å²) in [4.78, 5) is 23.6. The van der Waals surface area contributed by atoms with Crippen LogP contribution in [-0.2, 0) is 47.5 Å². The molecule has 0 heterocycles. The number of carbonyl (C=O) groups is 2. The highest BCUT2D eigenvalue weighted by Crippen LogP contribution is 2.41. The predicted octanol–water partition coefficient (Wildman–Crippen LogP) is 2.63. The normalized spacial score (nSPS) is 12.2. The minimum Gasteiger partial charge on any atom is -0.379 e. The zero-order chi connectivity index (χ0) is 32.9. The van der Waals surface area contributed by atoms with Gasteiger partial charge in [-0.1, -0.05) is 41.5 Å². The van der Waals surface area contributed by atoms with Gasteiger partial charge in [-0.15, -0.1) is 0 Å². The van der Waals surface area contributed by atoms with Gasteiger partial charge < -0.3 is 48.5 Å². The minimum absolute atomic E-state index is 0.0754. The second-order valence-electron chi connectivity index (χ2n) is 12.0.